The number of halogens is 3. The van der Waals surface area contributed by atoms with E-state index >= 15 is 0 Å². The van der Waals surface area contributed by atoms with Crippen LogP contribution in [-0.2, 0) is 11.0 Å². The van der Waals surface area contributed by atoms with Crippen LogP contribution in [0.3, 0.4) is 0 Å². The van der Waals surface area contributed by atoms with E-state index in [0.29, 0.717) is 47.5 Å². The van der Waals surface area contributed by atoms with Crippen LogP contribution in [0.2, 0.25) is 0 Å². The maximum atomic E-state index is 13.3. The predicted molar refractivity (Wildman–Crippen MR) is 163 cm³/mol. The van der Waals surface area contributed by atoms with Crippen molar-refractivity contribution in [3.05, 3.63) is 77.6 Å². The number of aromatic nitrogens is 4. The highest BCUT2D eigenvalue weighted by atomic mass is 19.4. The molecule has 13 heteroatoms. The van der Waals surface area contributed by atoms with Gasteiger partial charge in [0.2, 0.25) is 0 Å². The van der Waals surface area contributed by atoms with Crippen molar-refractivity contribution in [3.8, 4) is 17.3 Å². The Labute approximate surface area is 257 Å². The van der Waals surface area contributed by atoms with E-state index < -0.39 is 17.6 Å². The Hall–Kier alpha value is -5.25. The van der Waals surface area contributed by atoms with E-state index in [0.717, 1.165) is 30.7 Å². The standard InChI is InChI=1S/C32H31F3N8O2/c1-31(2,3)15-21(16-36)30(45)42-14-4-5-24(17-42)43-28-25(27(37)38-18-39-28)26(41-43)19-8-12-23(13-9-19)40-29(44)20-6-10-22(11-7-20)32(33,34)35/h6-13,15,18,24H,4-5,14,17H2,1-3H3,(H,40,44)(H2,37,38,39). The molecule has 5 rings (SSSR count). The zero-order valence-corrected chi connectivity index (χ0v) is 24.9. The van der Waals surface area contributed by atoms with E-state index in [1.807, 2.05) is 26.8 Å². The minimum Gasteiger partial charge on any atom is -0.383 e. The van der Waals surface area contributed by atoms with Gasteiger partial charge >= 0.3 is 6.18 Å². The fourth-order valence-corrected chi connectivity index (χ4v) is 5.26. The predicted octanol–water partition coefficient (Wildman–Crippen LogP) is 6.01. The lowest BCUT2D eigenvalue weighted by Crippen LogP contribution is -2.41. The molecule has 1 unspecified atom stereocenters. The molecule has 0 aliphatic carbocycles. The molecule has 2 aromatic carbocycles. The topological polar surface area (TPSA) is 143 Å². The number of benzene rings is 2. The van der Waals surface area contributed by atoms with Crippen molar-refractivity contribution in [1.29, 1.82) is 5.26 Å². The van der Waals surface area contributed by atoms with Crippen LogP contribution in [0, 0.1) is 16.7 Å². The first-order chi connectivity index (χ1) is 21.2. The molecule has 2 amide bonds. The van der Waals surface area contributed by atoms with E-state index in [1.165, 1.54) is 6.33 Å². The van der Waals surface area contributed by atoms with Gasteiger partial charge in [-0.15, -0.1) is 0 Å². The lowest BCUT2D eigenvalue weighted by Gasteiger charge is -2.33. The third-order valence-electron chi connectivity index (χ3n) is 7.37. The smallest absolute Gasteiger partial charge is 0.383 e. The van der Waals surface area contributed by atoms with Crippen LogP contribution in [0.1, 0.15) is 55.6 Å². The Morgan fingerprint density at radius 3 is 2.38 bits per heavy atom. The maximum Gasteiger partial charge on any atom is 0.416 e. The Bertz CT molecular complexity index is 1820. The highest BCUT2D eigenvalue weighted by Crippen LogP contribution is 2.35. The van der Waals surface area contributed by atoms with Gasteiger partial charge < -0.3 is 16.0 Å². The summed E-state index contributed by atoms with van der Waals surface area (Å²) in [5, 5.41) is 17.7. The number of allylic oxidation sites excluding steroid dienone is 1. The maximum absolute atomic E-state index is 13.3. The van der Waals surface area contributed by atoms with Crippen molar-refractivity contribution in [2.24, 2.45) is 5.41 Å². The Balaban J connectivity index is 1.39. The zero-order valence-electron chi connectivity index (χ0n) is 24.9. The monoisotopic (exact) mass is 616 g/mol. The highest BCUT2D eigenvalue weighted by molar-refractivity contribution is 6.04. The summed E-state index contributed by atoms with van der Waals surface area (Å²) in [6.07, 6.45) is -0.0253. The van der Waals surface area contributed by atoms with Crippen molar-refractivity contribution in [2.45, 2.75) is 45.8 Å². The van der Waals surface area contributed by atoms with Gasteiger partial charge in [0.1, 0.15) is 29.5 Å². The molecule has 1 fully saturated rings. The van der Waals surface area contributed by atoms with E-state index in [1.54, 1.807) is 39.9 Å². The van der Waals surface area contributed by atoms with Crippen molar-refractivity contribution >= 4 is 34.4 Å². The van der Waals surface area contributed by atoms with Crippen LogP contribution in [0.4, 0.5) is 24.7 Å². The number of likely N-dealkylation sites (tertiary alicyclic amines) is 1. The first kappa shape index (κ1) is 31.2. The van der Waals surface area contributed by atoms with Gasteiger partial charge in [0.25, 0.3) is 11.8 Å². The Kier molecular flexibility index (Phi) is 8.34. The number of hydrogen-bond acceptors (Lipinski definition) is 7. The minimum absolute atomic E-state index is 0.0810. The number of nitrogen functional groups attached to an aromatic ring is 1. The molecule has 2 aromatic heterocycles. The van der Waals surface area contributed by atoms with Crippen molar-refractivity contribution in [3.63, 3.8) is 0 Å². The average molecular weight is 617 g/mol. The third-order valence-corrected chi connectivity index (χ3v) is 7.37. The summed E-state index contributed by atoms with van der Waals surface area (Å²) in [6, 6.07) is 12.5. The van der Waals surface area contributed by atoms with Crippen molar-refractivity contribution in [1.82, 2.24) is 24.6 Å². The summed E-state index contributed by atoms with van der Waals surface area (Å²) in [6.45, 7) is 6.63. The summed E-state index contributed by atoms with van der Waals surface area (Å²) in [7, 11) is 0. The number of nitrogens with zero attached hydrogens (tertiary/aromatic N) is 6. The lowest BCUT2D eigenvalue weighted by molar-refractivity contribution is -0.137. The van der Waals surface area contributed by atoms with Crippen molar-refractivity contribution < 1.29 is 22.8 Å². The number of nitrogens with one attached hydrogen (secondary N) is 1. The molecule has 1 saturated heterocycles. The second kappa shape index (κ2) is 12.0. The molecule has 3 heterocycles. The Morgan fingerprint density at radius 1 is 1.07 bits per heavy atom. The van der Waals surface area contributed by atoms with Gasteiger partial charge in [-0.3, -0.25) is 9.59 Å². The highest BCUT2D eigenvalue weighted by Gasteiger charge is 2.31. The van der Waals surface area contributed by atoms with Gasteiger partial charge in [0.15, 0.2) is 5.65 Å². The molecule has 1 atom stereocenters. The molecule has 0 radical (unpaired) electrons. The Morgan fingerprint density at radius 2 is 1.76 bits per heavy atom. The summed E-state index contributed by atoms with van der Waals surface area (Å²) in [4.78, 5) is 36.2. The SMILES string of the molecule is CC(C)(C)C=C(C#N)C(=O)N1CCCC(n2nc(-c3ccc(NC(=O)c4ccc(C(F)(F)F)cc4)cc3)c3c(N)ncnc32)C1. The molecule has 1 aliphatic rings. The van der Waals surface area contributed by atoms with Crippen LogP contribution < -0.4 is 11.1 Å². The molecule has 3 N–H and O–H groups in total. The van der Waals surface area contributed by atoms with Crippen LogP contribution in [0.5, 0.6) is 0 Å². The van der Waals surface area contributed by atoms with E-state index in [2.05, 4.69) is 15.3 Å². The fourth-order valence-electron chi connectivity index (χ4n) is 5.26. The first-order valence-electron chi connectivity index (χ1n) is 14.2. The molecule has 10 nitrogen and oxygen atoms in total. The summed E-state index contributed by atoms with van der Waals surface area (Å²) < 4.78 is 40.3. The van der Waals surface area contributed by atoms with E-state index in [4.69, 9.17) is 10.8 Å². The largest absolute Gasteiger partial charge is 0.416 e. The quantitative estimate of drug-likeness (QED) is 0.207. The fraction of sp³-hybridized carbons (Fsp3) is 0.312. The van der Waals surface area contributed by atoms with E-state index in [-0.39, 0.29) is 34.3 Å². The average Bonchev–Trinajstić information content (AvgIpc) is 3.40. The molecular weight excluding hydrogens is 585 g/mol. The number of nitrogens with two attached hydrogens (primary N) is 1. The van der Waals surface area contributed by atoms with E-state index in [9.17, 15) is 28.0 Å². The zero-order chi connectivity index (χ0) is 32.5. The number of alkyl halides is 3. The number of piperidine rings is 1. The van der Waals surface area contributed by atoms with Gasteiger partial charge in [-0.1, -0.05) is 39.0 Å². The second-order valence-corrected chi connectivity index (χ2v) is 11.9. The molecule has 1 aliphatic heterocycles. The molecule has 0 spiro atoms. The molecule has 4 aromatic rings. The van der Waals surface area contributed by atoms with Crippen LogP contribution in [0.15, 0.2) is 66.5 Å². The summed E-state index contributed by atoms with van der Waals surface area (Å²) in [5.41, 5.74) is 7.40. The van der Waals surface area contributed by atoms with Gasteiger partial charge in [-0.05, 0) is 54.7 Å². The van der Waals surface area contributed by atoms with Crippen LogP contribution in [0.25, 0.3) is 22.3 Å². The third kappa shape index (κ3) is 6.80. The van der Waals surface area contributed by atoms with Crippen LogP contribution >= 0.6 is 0 Å². The number of hydrogen-bond donors (Lipinski definition) is 2. The number of fused-ring (bicyclic) bond motifs is 1. The van der Waals surface area contributed by atoms with Gasteiger partial charge in [0, 0.05) is 29.9 Å². The molecule has 0 saturated carbocycles. The second-order valence-electron chi connectivity index (χ2n) is 11.9. The number of amides is 2. The van der Waals surface area contributed by atoms with Gasteiger partial charge in [-0.25, -0.2) is 14.6 Å². The number of anilines is 2. The minimum atomic E-state index is -4.49. The van der Waals surface area contributed by atoms with Gasteiger partial charge in [-0.2, -0.15) is 23.5 Å². The number of rotatable bonds is 5. The van der Waals surface area contributed by atoms with Gasteiger partial charge in [0.05, 0.1) is 17.0 Å². The number of nitriles is 1. The first-order valence-corrected chi connectivity index (χ1v) is 14.2. The number of carbonyl (C=O) groups excluding carboxylic acids is 2. The van der Waals surface area contributed by atoms with Crippen LogP contribution in [-0.4, -0.2) is 49.6 Å². The van der Waals surface area contributed by atoms with Crippen molar-refractivity contribution in [2.75, 3.05) is 24.1 Å². The number of carbonyl (C=O) groups is 2. The molecule has 232 valence electrons. The summed E-state index contributed by atoms with van der Waals surface area (Å²) in [5.74, 6) is -0.654. The summed E-state index contributed by atoms with van der Waals surface area (Å²) >= 11 is 0. The molecule has 0 bridgehead atoms. The molecule has 45 heavy (non-hydrogen) atoms. The molecular formula is C32H31F3N8O2. The normalized spacial score (nSPS) is 16.0. The lowest BCUT2D eigenvalue weighted by atomic mass is 9.93.